The number of nitrogens with two attached hydrogens (primary N) is 1. The quantitative estimate of drug-likeness (QED) is 0.538. The standard InChI is InChI=1S/C9H13N3O/c1-2-6-13-7-4-3-5-12-8(7)9(10)11/h3-5H,2,6H2,1H3,(H3,10,11). The average molecular weight is 179 g/mol. The lowest BCUT2D eigenvalue weighted by Gasteiger charge is -2.07. The van der Waals surface area contributed by atoms with Crippen LogP contribution < -0.4 is 10.5 Å². The van der Waals surface area contributed by atoms with E-state index in [0.717, 1.165) is 6.42 Å². The average Bonchev–Trinajstić information content (AvgIpc) is 2.15. The SMILES string of the molecule is CCCOc1cccnc1C(=N)N. The maximum absolute atomic E-state index is 7.25. The maximum Gasteiger partial charge on any atom is 0.148 e. The highest BCUT2D eigenvalue weighted by Crippen LogP contribution is 2.14. The third-order valence-corrected chi connectivity index (χ3v) is 1.49. The highest BCUT2D eigenvalue weighted by molar-refractivity contribution is 5.95. The summed E-state index contributed by atoms with van der Waals surface area (Å²) in [5.41, 5.74) is 5.74. The van der Waals surface area contributed by atoms with E-state index in [0.29, 0.717) is 18.1 Å². The van der Waals surface area contributed by atoms with Gasteiger partial charge < -0.3 is 10.5 Å². The van der Waals surface area contributed by atoms with Gasteiger partial charge in [0.25, 0.3) is 0 Å². The zero-order valence-electron chi connectivity index (χ0n) is 7.58. The van der Waals surface area contributed by atoms with Gasteiger partial charge in [0.05, 0.1) is 6.61 Å². The van der Waals surface area contributed by atoms with E-state index in [9.17, 15) is 0 Å². The van der Waals surface area contributed by atoms with Crippen molar-refractivity contribution in [2.24, 2.45) is 5.73 Å². The molecule has 0 unspecified atom stereocenters. The van der Waals surface area contributed by atoms with Crippen molar-refractivity contribution < 1.29 is 4.74 Å². The first-order chi connectivity index (χ1) is 6.25. The molecule has 4 heteroatoms. The van der Waals surface area contributed by atoms with Gasteiger partial charge in [-0.2, -0.15) is 0 Å². The molecule has 0 atom stereocenters. The van der Waals surface area contributed by atoms with E-state index in [2.05, 4.69) is 4.98 Å². The van der Waals surface area contributed by atoms with Crippen molar-refractivity contribution in [1.29, 1.82) is 5.41 Å². The van der Waals surface area contributed by atoms with Crippen LogP contribution in [-0.2, 0) is 0 Å². The van der Waals surface area contributed by atoms with Crippen LogP contribution in [0.1, 0.15) is 19.0 Å². The van der Waals surface area contributed by atoms with Crippen LogP contribution in [0.5, 0.6) is 5.75 Å². The van der Waals surface area contributed by atoms with E-state index in [-0.39, 0.29) is 5.84 Å². The molecule has 0 aliphatic carbocycles. The smallest absolute Gasteiger partial charge is 0.148 e. The first-order valence-corrected chi connectivity index (χ1v) is 4.18. The highest BCUT2D eigenvalue weighted by atomic mass is 16.5. The van der Waals surface area contributed by atoms with Crippen molar-refractivity contribution in [2.45, 2.75) is 13.3 Å². The summed E-state index contributed by atoms with van der Waals surface area (Å²) in [5.74, 6) is 0.517. The summed E-state index contributed by atoms with van der Waals surface area (Å²) in [6.07, 6.45) is 2.52. The number of nitrogen functional groups attached to an aromatic ring is 1. The number of ether oxygens (including phenoxy) is 1. The van der Waals surface area contributed by atoms with E-state index in [1.807, 2.05) is 6.92 Å². The van der Waals surface area contributed by atoms with Gasteiger partial charge in [0, 0.05) is 6.20 Å². The molecule has 4 nitrogen and oxygen atoms in total. The lowest BCUT2D eigenvalue weighted by atomic mass is 10.3. The minimum absolute atomic E-state index is 0.0632. The van der Waals surface area contributed by atoms with Gasteiger partial charge in [0.2, 0.25) is 0 Å². The van der Waals surface area contributed by atoms with Crippen LogP contribution in [0.4, 0.5) is 0 Å². The third kappa shape index (κ3) is 2.43. The van der Waals surface area contributed by atoms with Gasteiger partial charge in [-0.15, -0.1) is 0 Å². The summed E-state index contributed by atoms with van der Waals surface area (Å²) >= 11 is 0. The summed E-state index contributed by atoms with van der Waals surface area (Å²) in [6, 6.07) is 3.52. The van der Waals surface area contributed by atoms with Gasteiger partial charge in [-0.1, -0.05) is 6.92 Å². The lowest BCUT2D eigenvalue weighted by Crippen LogP contribution is -2.15. The molecule has 13 heavy (non-hydrogen) atoms. The second-order valence-electron chi connectivity index (χ2n) is 2.61. The zero-order valence-corrected chi connectivity index (χ0v) is 7.58. The largest absolute Gasteiger partial charge is 0.491 e. The Labute approximate surface area is 77.2 Å². The molecule has 0 amide bonds. The van der Waals surface area contributed by atoms with Crippen molar-refractivity contribution in [1.82, 2.24) is 4.98 Å². The van der Waals surface area contributed by atoms with E-state index in [1.165, 1.54) is 0 Å². The van der Waals surface area contributed by atoms with E-state index in [4.69, 9.17) is 15.9 Å². The Bertz CT molecular complexity index is 299. The fourth-order valence-corrected chi connectivity index (χ4v) is 0.921. The fourth-order valence-electron chi connectivity index (χ4n) is 0.921. The molecule has 0 aliphatic rings. The maximum atomic E-state index is 7.25. The van der Waals surface area contributed by atoms with Crippen LogP contribution in [0.25, 0.3) is 0 Å². The minimum Gasteiger partial charge on any atom is -0.491 e. The van der Waals surface area contributed by atoms with Gasteiger partial charge in [0.15, 0.2) is 0 Å². The number of hydrogen-bond acceptors (Lipinski definition) is 3. The van der Waals surface area contributed by atoms with Gasteiger partial charge in [-0.25, -0.2) is 4.98 Å². The van der Waals surface area contributed by atoms with Crippen molar-refractivity contribution >= 4 is 5.84 Å². The molecule has 0 radical (unpaired) electrons. The van der Waals surface area contributed by atoms with Crippen molar-refractivity contribution in [3.63, 3.8) is 0 Å². The molecule has 1 rings (SSSR count). The molecule has 70 valence electrons. The zero-order chi connectivity index (χ0) is 9.68. The van der Waals surface area contributed by atoms with Crippen molar-refractivity contribution in [2.75, 3.05) is 6.61 Å². The third-order valence-electron chi connectivity index (χ3n) is 1.49. The molecule has 0 saturated carbocycles. The summed E-state index contributed by atoms with van der Waals surface area (Å²) < 4.78 is 5.36. The van der Waals surface area contributed by atoms with E-state index >= 15 is 0 Å². The Hall–Kier alpha value is -1.58. The molecule has 3 N–H and O–H groups in total. The number of hydrogen-bond donors (Lipinski definition) is 2. The van der Waals surface area contributed by atoms with Crippen LogP contribution in [0.15, 0.2) is 18.3 Å². The number of amidine groups is 1. The Morgan fingerprint density at radius 3 is 3.08 bits per heavy atom. The molecular weight excluding hydrogens is 166 g/mol. The van der Waals surface area contributed by atoms with Crippen LogP contribution in [0.3, 0.4) is 0 Å². The Morgan fingerprint density at radius 2 is 2.46 bits per heavy atom. The van der Waals surface area contributed by atoms with Gasteiger partial charge >= 0.3 is 0 Å². The van der Waals surface area contributed by atoms with Crippen LogP contribution in [0, 0.1) is 5.41 Å². The topological polar surface area (TPSA) is 72.0 Å². The molecule has 0 fully saturated rings. The van der Waals surface area contributed by atoms with Crippen LogP contribution >= 0.6 is 0 Å². The number of aromatic nitrogens is 1. The first-order valence-electron chi connectivity index (χ1n) is 4.18. The Kier molecular flexibility index (Phi) is 3.25. The minimum atomic E-state index is -0.0632. The van der Waals surface area contributed by atoms with E-state index in [1.54, 1.807) is 18.3 Å². The Balaban J connectivity index is 2.84. The second-order valence-corrected chi connectivity index (χ2v) is 2.61. The summed E-state index contributed by atoms with van der Waals surface area (Å²) in [5, 5.41) is 7.25. The fraction of sp³-hybridized carbons (Fsp3) is 0.333. The number of nitrogens with one attached hydrogen (secondary N) is 1. The van der Waals surface area contributed by atoms with Gasteiger partial charge in [0.1, 0.15) is 17.3 Å². The molecule has 0 aromatic carbocycles. The Morgan fingerprint density at radius 1 is 1.69 bits per heavy atom. The lowest BCUT2D eigenvalue weighted by molar-refractivity contribution is 0.315. The molecule has 0 aliphatic heterocycles. The molecular formula is C9H13N3O. The summed E-state index contributed by atoms with van der Waals surface area (Å²) in [4.78, 5) is 3.96. The van der Waals surface area contributed by atoms with Crippen LogP contribution in [-0.4, -0.2) is 17.4 Å². The van der Waals surface area contributed by atoms with Crippen LogP contribution in [0.2, 0.25) is 0 Å². The number of nitrogens with zero attached hydrogens (tertiary/aromatic N) is 1. The monoisotopic (exact) mass is 179 g/mol. The number of pyridine rings is 1. The number of rotatable bonds is 4. The van der Waals surface area contributed by atoms with Gasteiger partial charge in [-0.3, -0.25) is 5.41 Å². The highest BCUT2D eigenvalue weighted by Gasteiger charge is 2.05. The second kappa shape index (κ2) is 4.45. The summed E-state index contributed by atoms with van der Waals surface area (Å²) in [6.45, 7) is 2.63. The normalized spacial score (nSPS) is 9.62. The predicted octanol–water partition coefficient (Wildman–Crippen LogP) is 1.15. The predicted molar refractivity (Wildman–Crippen MR) is 51.0 cm³/mol. The van der Waals surface area contributed by atoms with Crippen molar-refractivity contribution in [3.05, 3.63) is 24.0 Å². The molecule has 0 saturated heterocycles. The molecule has 1 heterocycles. The molecule has 1 aromatic heterocycles. The van der Waals surface area contributed by atoms with Gasteiger partial charge in [-0.05, 0) is 18.6 Å². The molecule has 0 spiro atoms. The van der Waals surface area contributed by atoms with E-state index < -0.39 is 0 Å². The molecule has 0 bridgehead atoms. The molecule has 1 aromatic rings. The summed E-state index contributed by atoms with van der Waals surface area (Å²) in [7, 11) is 0. The first kappa shape index (κ1) is 9.51. The van der Waals surface area contributed by atoms with Crippen molar-refractivity contribution in [3.8, 4) is 5.75 Å².